The van der Waals surface area contributed by atoms with Crippen LogP contribution in [-0.2, 0) is 12.8 Å². The number of aromatic nitrogens is 4. The molecule has 5 aromatic carbocycles. The molecule has 0 saturated heterocycles. The van der Waals surface area contributed by atoms with Gasteiger partial charge in [0, 0.05) is 33.8 Å². The number of nitrogens with zero attached hydrogens (tertiary/aromatic N) is 4. The summed E-state index contributed by atoms with van der Waals surface area (Å²) >= 11 is 0. The second-order valence-electron chi connectivity index (χ2n) is 12.7. The van der Waals surface area contributed by atoms with Crippen molar-refractivity contribution in [1.29, 1.82) is 0 Å². The average molecular weight is 631 g/mol. The summed E-state index contributed by atoms with van der Waals surface area (Å²) in [6.45, 7) is 0. The van der Waals surface area contributed by atoms with Gasteiger partial charge in [0.2, 0.25) is 0 Å². The zero-order valence-electron chi connectivity index (χ0n) is 27.1. The van der Waals surface area contributed by atoms with E-state index in [4.69, 9.17) is 15.0 Å². The summed E-state index contributed by atoms with van der Waals surface area (Å²) in [5, 5.41) is 0. The van der Waals surface area contributed by atoms with Crippen molar-refractivity contribution in [1.82, 2.24) is 19.5 Å². The molecule has 0 fully saturated rings. The predicted octanol–water partition coefficient (Wildman–Crippen LogP) is 10.9. The highest BCUT2D eigenvalue weighted by Gasteiger charge is 2.23. The van der Waals surface area contributed by atoms with Crippen LogP contribution >= 0.6 is 0 Å². The number of rotatable bonds is 6. The van der Waals surface area contributed by atoms with Crippen LogP contribution in [0.4, 0.5) is 0 Å². The van der Waals surface area contributed by atoms with E-state index in [1.165, 1.54) is 39.3 Å². The van der Waals surface area contributed by atoms with E-state index < -0.39 is 0 Å². The van der Waals surface area contributed by atoms with Crippen LogP contribution in [0.25, 0.3) is 74.3 Å². The largest absolute Gasteiger partial charge is 0.310 e. The molecule has 2 aliphatic rings. The van der Waals surface area contributed by atoms with Crippen LogP contribution in [0.2, 0.25) is 0 Å². The standard InChI is InChI=1S/C45H34N4/c1-3-12-31(13-4-1)32-22-26-35(27-23-32)44-46-43(34-14-5-2-6-15-34)47-45(48-44)36-28-24-33(25-29-36)37-16-11-17-38(30-37)49-41-20-9-7-18-39(41)40-19-8-10-21-42(40)49/h1-6,9-17,20-30H,7-8,18-19H2. The number of allylic oxidation sites excluding steroid dienone is 2. The lowest BCUT2D eigenvalue weighted by molar-refractivity contribution is 0.922. The summed E-state index contributed by atoms with van der Waals surface area (Å²) in [6, 6.07) is 46.5. The number of hydrogen-bond acceptors (Lipinski definition) is 3. The van der Waals surface area contributed by atoms with Crippen LogP contribution < -0.4 is 0 Å². The van der Waals surface area contributed by atoms with Gasteiger partial charge in [0.25, 0.3) is 0 Å². The summed E-state index contributed by atoms with van der Waals surface area (Å²) in [5.74, 6) is 1.97. The number of hydrogen-bond donors (Lipinski definition) is 0. The van der Waals surface area contributed by atoms with E-state index in [0.29, 0.717) is 17.5 Å². The highest BCUT2D eigenvalue weighted by Crippen LogP contribution is 2.37. The molecule has 2 heterocycles. The molecule has 7 aromatic rings. The van der Waals surface area contributed by atoms with Crippen molar-refractivity contribution >= 4 is 12.2 Å². The highest BCUT2D eigenvalue weighted by atomic mass is 15.0. The van der Waals surface area contributed by atoms with Gasteiger partial charge in [-0.3, -0.25) is 0 Å². The molecule has 0 N–H and O–H groups in total. The van der Waals surface area contributed by atoms with Gasteiger partial charge in [-0.15, -0.1) is 0 Å². The molecule has 2 aromatic heterocycles. The highest BCUT2D eigenvalue weighted by molar-refractivity contribution is 5.75. The van der Waals surface area contributed by atoms with Gasteiger partial charge in [-0.05, 0) is 83.3 Å². The van der Waals surface area contributed by atoms with Crippen LogP contribution in [0.3, 0.4) is 0 Å². The maximum absolute atomic E-state index is 5.00. The summed E-state index contributed by atoms with van der Waals surface area (Å²) in [6.07, 6.45) is 13.7. The van der Waals surface area contributed by atoms with Crippen molar-refractivity contribution in [3.8, 4) is 62.1 Å². The Morgan fingerprint density at radius 3 is 1.33 bits per heavy atom. The zero-order valence-corrected chi connectivity index (χ0v) is 27.1. The van der Waals surface area contributed by atoms with Crippen molar-refractivity contribution < 1.29 is 0 Å². The van der Waals surface area contributed by atoms with E-state index >= 15 is 0 Å². The minimum atomic E-state index is 0.653. The molecule has 0 atom stereocenters. The number of benzene rings is 5. The molecule has 234 valence electrons. The van der Waals surface area contributed by atoms with Gasteiger partial charge in [0.1, 0.15) is 0 Å². The summed E-state index contributed by atoms with van der Waals surface area (Å²) in [7, 11) is 0. The van der Waals surface area contributed by atoms with Crippen LogP contribution in [-0.4, -0.2) is 19.5 Å². The molecule has 2 aliphatic carbocycles. The van der Waals surface area contributed by atoms with Crippen molar-refractivity contribution in [3.05, 3.63) is 168 Å². The third kappa shape index (κ3) is 5.51. The van der Waals surface area contributed by atoms with Gasteiger partial charge in [-0.2, -0.15) is 0 Å². The molecule has 0 aliphatic heterocycles. The topological polar surface area (TPSA) is 43.6 Å². The molecule has 0 amide bonds. The van der Waals surface area contributed by atoms with E-state index in [9.17, 15) is 0 Å². The van der Waals surface area contributed by atoms with E-state index in [1.54, 1.807) is 0 Å². The van der Waals surface area contributed by atoms with Gasteiger partial charge in [-0.1, -0.05) is 133 Å². The summed E-state index contributed by atoms with van der Waals surface area (Å²) < 4.78 is 2.46. The molecule has 4 nitrogen and oxygen atoms in total. The Labute approximate surface area is 286 Å². The normalized spacial score (nSPS) is 13.2. The van der Waals surface area contributed by atoms with Crippen LogP contribution in [0.1, 0.15) is 35.4 Å². The molecule has 0 unspecified atom stereocenters. The van der Waals surface area contributed by atoms with Crippen molar-refractivity contribution in [2.75, 3.05) is 0 Å². The SMILES string of the molecule is C1=Cc2c(c3c(n2-c2cccc(-c4ccc(-c5nc(-c6ccccc6)nc(-c6ccc(-c7ccccc7)cc6)n5)cc4)c2)C=CCC3)CC1. The van der Waals surface area contributed by atoms with E-state index in [-0.39, 0.29) is 0 Å². The maximum Gasteiger partial charge on any atom is 0.164 e. The Balaban J connectivity index is 1.07. The van der Waals surface area contributed by atoms with Gasteiger partial charge in [0.05, 0.1) is 0 Å². The molecular formula is C45H34N4. The Bertz CT molecular complexity index is 2310. The first-order valence-corrected chi connectivity index (χ1v) is 17.1. The Kier molecular flexibility index (Phi) is 7.39. The average Bonchev–Trinajstić information content (AvgIpc) is 3.53. The fourth-order valence-electron chi connectivity index (χ4n) is 7.17. The third-order valence-electron chi connectivity index (χ3n) is 9.64. The lowest BCUT2D eigenvalue weighted by Gasteiger charge is -2.15. The van der Waals surface area contributed by atoms with Crippen molar-refractivity contribution in [2.24, 2.45) is 0 Å². The fourth-order valence-corrected chi connectivity index (χ4v) is 7.17. The second-order valence-corrected chi connectivity index (χ2v) is 12.7. The Hall–Kier alpha value is -6.13. The first kappa shape index (κ1) is 29.0. The van der Waals surface area contributed by atoms with E-state index in [2.05, 4.69) is 126 Å². The van der Waals surface area contributed by atoms with Gasteiger partial charge < -0.3 is 4.57 Å². The minimum Gasteiger partial charge on any atom is -0.310 e. The van der Waals surface area contributed by atoms with Crippen LogP contribution in [0.15, 0.2) is 146 Å². The molecule has 0 spiro atoms. The molecule has 9 rings (SSSR count). The smallest absolute Gasteiger partial charge is 0.164 e. The van der Waals surface area contributed by atoms with Gasteiger partial charge >= 0.3 is 0 Å². The first-order valence-electron chi connectivity index (χ1n) is 17.1. The minimum absolute atomic E-state index is 0.653. The number of fused-ring (bicyclic) bond motifs is 3. The molecule has 0 bridgehead atoms. The first-order chi connectivity index (χ1) is 24.3. The zero-order chi connectivity index (χ0) is 32.6. The summed E-state index contributed by atoms with van der Waals surface area (Å²) in [4.78, 5) is 14.9. The lowest BCUT2D eigenvalue weighted by Crippen LogP contribution is -2.02. The van der Waals surface area contributed by atoms with E-state index in [0.717, 1.165) is 53.5 Å². The Morgan fingerprint density at radius 2 is 0.796 bits per heavy atom. The quantitative estimate of drug-likeness (QED) is 0.184. The molecule has 0 radical (unpaired) electrons. The third-order valence-corrected chi connectivity index (χ3v) is 9.64. The lowest BCUT2D eigenvalue weighted by atomic mass is 9.94. The van der Waals surface area contributed by atoms with Crippen LogP contribution in [0, 0.1) is 0 Å². The van der Waals surface area contributed by atoms with Crippen molar-refractivity contribution in [2.45, 2.75) is 25.7 Å². The molecule has 4 heteroatoms. The van der Waals surface area contributed by atoms with Crippen LogP contribution in [0.5, 0.6) is 0 Å². The van der Waals surface area contributed by atoms with Gasteiger partial charge in [0.15, 0.2) is 17.5 Å². The Morgan fingerprint density at radius 1 is 0.388 bits per heavy atom. The van der Waals surface area contributed by atoms with E-state index in [1.807, 2.05) is 36.4 Å². The second kappa shape index (κ2) is 12.5. The monoisotopic (exact) mass is 630 g/mol. The summed E-state index contributed by atoms with van der Waals surface area (Å²) in [5.41, 5.74) is 14.5. The molecular weight excluding hydrogens is 597 g/mol. The maximum atomic E-state index is 5.00. The molecule has 0 saturated carbocycles. The van der Waals surface area contributed by atoms with Crippen molar-refractivity contribution in [3.63, 3.8) is 0 Å². The molecule has 49 heavy (non-hydrogen) atoms. The fraction of sp³-hybridized carbons (Fsp3) is 0.0889. The van der Waals surface area contributed by atoms with Gasteiger partial charge in [-0.25, -0.2) is 15.0 Å². The predicted molar refractivity (Wildman–Crippen MR) is 201 cm³/mol.